The fourth-order valence-electron chi connectivity index (χ4n) is 2.83. The van der Waals surface area contributed by atoms with E-state index in [0.29, 0.717) is 11.5 Å². The summed E-state index contributed by atoms with van der Waals surface area (Å²) < 4.78 is 0. The van der Waals surface area contributed by atoms with Crippen LogP contribution in [0.4, 0.5) is 0 Å². The molecule has 0 radical (unpaired) electrons. The van der Waals surface area contributed by atoms with E-state index in [0.717, 1.165) is 6.54 Å². The first-order valence-corrected chi connectivity index (χ1v) is 6.95. The maximum absolute atomic E-state index is 3.72. The topological polar surface area (TPSA) is 12.0 Å². The van der Waals surface area contributed by atoms with Gasteiger partial charge in [-0.2, -0.15) is 0 Å². The second-order valence-corrected chi connectivity index (χ2v) is 6.31. The Morgan fingerprint density at radius 3 is 2.78 bits per heavy atom. The molecule has 18 heavy (non-hydrogen) atoms. The van der Waals surface area contributed by atoms with Crippen molar-refractivity contribution in [1.82, 2.24) is 5.32 Å². The van der Waals surface area contributed by atoms with Crippen molar-refractivity contribution in [2.45, 2.75) is 46.6 Å². The lowest BCUT2D eigenvalue weighted by Gasteiger charge is -2.40. The number of allylic oxidation sites excluding steroid dienone is 1. The van der Waals surface area contributed by atoms with Gasteiger partial charge in [-0.05, 0) is 43.2 Å². The van der Waals surface area contributed by atoms with Gasteiger partial charge in [0.1, 0.15) is 0 Å². The van der Waals surface area contributed by atoms with Gasteiger partial charge in [-0.15, -0.1) is 0 Å². The molecule has 1 nitrogen and oxygen atoms in total. The fourth-order valence-corrected chi connectivity index (χ4v) is 2.83. The molecular formula is C17H25N. The molecule has 0 heterocycles. The number of hydrogen-bond donors (Lipinski definition) is 1. The van der Waals surface area contributed by atoms with Gasteiger partial charge in [0.2, 0.25) is 0 Å². The van der Waals surface area contributed by atoms with E-state index >= 15 is 0 Å². The van der Waals surface area contributed by atoms with Crippen LogP contribution in [0.1, 0.15) is 51.3 Å². The quantitative estimate of drug-likeness (QED) is 0.782. The maximum atomic E-state index is 3.72. The fraction of sp³-hybridized carbons (Fsp3) is 0.529. The average molecular weight is 243 g/mol. The van der Waals surface area contributed by atoms with E-state index in [1.165, 1.54) is 29.5 Å². The summed E-state index contributed by atoms with van der Waals surface area (Å²) >= 11 is 0. The Hall–Kier alpha value is -1.08. The third-order valence-corrected chi connectivity index (χ3v) is 4.02. The molecule has 0 amide bonds. The second-order valence-electron chi connectivity index (χ2n) is 6.31. The lowest BCUT2D eigenvalue weighted by atomic mass is 9.70. The molecule has 0 aromatic heterocycles. The first-order chi connectivity index (χ1) is 8.50. The number of nitrogens with one attached hydrogen (secondary N) is 1. The Kier molecular flexibility index (Phi) is 3.91. The third kappa shape index (κ3) is 2.84. The predicted molar refractivity (Wildman–Crippen MR) is 78.7 cm³/mol. The summed E-state index contributed by atoms with van der Waals surface area (Å²) in [6.07, 6.45) is 4.74. The minimum atomic E-state index is 0.337. The van der Waals surface area contributed by atoms with Crippen molar-refractivity contribution >= 4 is 0 Å². The first kappa shape index (κ1) is 13.4. The smallest absolute Gasteiger partial charge is 0.0377 e. The average Bonchev–Trinajstić information content (AvgIpc) is 2.31. The molecule has 0 saturated carbocycles. The molecule has 1 aromatic carbocycles. The molecule has 0 saturated heterocycles. The number of fused-ring (bicyclic) bond motifs is 1. The van der Waals surface area contributed by atoms with Crippen LogP contribution in [0.15, 0.2) is 35.9 Å². The van der Waals surface area contributed by atoms with Gasteiger partial charge in [0.05, 0.1) is 0 Å². The van der Waals surface area contributed by atoms with Crippen molar-refractivity contribution < 1.29 is 0 Å². The molecule has 2 rings (SSSR count). The van der Waals surface area contributed by atoms with Crippen molar-refractivity contribution in [3.05, 3.63) is 47.0 Å². The lowest BCUT2D eigenvalue weighted by Crippen LogP contribution is -2.38. The molecule has 1 aliphatic carbocycles. The van der Waals surface area contributed by atoms with Gasteiger partial charge in [0.25, 0.3) is 0 Å². The van der Waals surface area contributed by atoms with Crippen LogP contribution in [-0.4, -0.2) is 6.54 Å². The number of rotatable bonds is 3. The zero-order valence-electron chi connectivity index (χ0n) is 12.1. The van der Waals surface area contributed by atoms with Gasteiger partial charge in [0.15, 0.2) is 0 Å². The van der Waals surface area contributed by atoms with Gasteiger partial charge in [0, 0.05) is 12.6 Å². The molecule has 0 bridgehead atoms. The van der Waals surface area contributed by atoms with Crippen LogP contribution < -0.4 is 5.32 Å². The summed E-state index contributed by atoms with van der Waals surface area (Å²) in [6, 6.07) is 9.36. The Morgan fingerprint density at radius 1 is 1.33 bits per heavy atom. The highest BCUT2D eigenvalue weighted by molar-refractivity contribution is 5.34. The minimum absolute atomic E-state index is 0.337. The molecule has 1 aromatic rings. The van der Waals surface area contributed by atoms with Crippen LogP contribution in [0.25, 0.3) is 0 Å². The van der Waals surface area contributed by atoms with E-state index in [1.54, 1.807) is 0 Å². The highest BCUT2D eigenvalue weighted by Gasteiger charge is 2.34. The summed E-state index contributed by atoms with van der Waals surface area (Å²) in [5.74, 6) is 0. The van der Waals surface area contributed by atoms with E-state index in [-0.39, 0.29) is 0 Å². The van der Waals surface area contributed by atoms with E-state index in [2.05, 4.69) is 63.4 Å². The molecule has 0 aliphatic heterocycles. The molecule has 1 N–H and O–H groups in total. The zero-order chi connectivity index (χ0) is 13.2. The van der Waals surface area contributed by atoms with Gasteiger partial charge in [-0.3, -0.25) is 0 Å². The zero-order valence-corrected chi connectivity index (χ0v) is 12.1. The van der Waals surface area contributed by atoms with Crippen LogP contribution in [0, 0.1) is 5.41 Å². The first-order valence-electron chi connectivity index (χ1n) is 6.95. The molecule has 0 spiro atoms. The Labute approximate surface area is 111 Å². The van der Waals surface area contributed by atoms with Crippen molar-refractivity contribution in [2.24, 2.45) is 5.41 Å². The van der Waals surface area contributed by atoms with Crippen molar-refractivity contribution in [1.29, 1.82) is 0 Å². The molecular weight excluding hydrogens is 218 g/mol. The van der Waals surface area contributed by atoms with Crippen LogP contribution in [0.3, 0.4) is 0 Å². The van der Waals surface area contributed by atoms with E-state index in [4.69, 9.17) is 0 Å². The minimum Gasteiger partial charge on any atom is -0.306 e. The monoisotopic (exact) mass is 243 g/mol. The molecule has 1 aliphatic rings. The highest BCUT2D eigenvalue weighted by atomic mass is 14.9. The lowest BCUT2D eigenvalue weighted by molar-refractivity contribution is 0.214. The normalized spacial score (nSPS) is 21.2. The molecule has 1 heteroatoms. The molecule has 98 valence electrons. The van der Waals surface area contributed by atoms with Crippen LogP contribution in [0.2, 0.25) is 0 Å². The standard InChI is InChI=1S/C17H25N/c1-13(2)10-12-18-16-15-8-6-5-7-14(15)9-11-17(16,3)4/h5-8,10,16,18H,9,11-12H2,1-4H3. The number of aryl methyl sites for hydroxylation is 1. The summed E-state index contributed by atoms with van der Waals surface area (Å²) in [5.41, 5.74) is 4.73. The van der Waals surface area contributed by atoms with Crippen molar-refractivity contribution in [3.63, 3.8) is 0 Å². The third-order valence-electron chi connectivity index (χ3n) is 4.02. The molecule has 1 atom stereocenters. The Morgan fingerprint density at radius 2 is 2.06 bits per heavy atom. The Balaban J connectivity index is 2.22. The largest absolute Gasteiger partial charge is 0.306 e. The predicted octanol–water partition coefficient (Wildman–Crippen LogP) is 4.26. The van der Waals surface area contributed by atoms with Crippen LogP contribution in [0.5, 0.6) is 0 Å². The van der Waals surface area contributed by atoms with Gasteiger partial charge < -0.3 is 5.32 Å². The van der Waals surface area contributed by atoms with Gasteiger partial charge in [-0.1, -0.05) is 49.8 Å². The second kappa shape index (κ2) is 5.27. The Bertz CT molecular complexity index is 439. The van der Waals surface area contributed by atoms with E-state index < -0.39 is 0 Å². The summed E-state index contributed by atoms with van der Waals surface area (Å²) in [4.78, 5) is 0. The highest BCUT2D eigenvalue weighted by Crippen LogP contribution is 2.43. The maximum Gasteiger partial charge on any atom is 0.0377 e. The summed E-state index contributed by atoms with van der Waals surface area (Å²) in [6.45, 7) is 10.0. The van der Waals surface area contributed by atoms with E-state index in [9.17, 15) is 0 Å². The number of hydrogen-bond acceptors (Lipinski definition) is 1. The SMILES string of the molecule is CC(C)=CCNC1c2ccccc2CCC1(C)C. The number of benzene rings is 1. The molecule has 0 fully saturated rings. The summed E-state index contributed by atoms with van der Waals surface area (Å²) in [5, 5.41) is 3.72. The van der Waals surface area contributed by atoms with Crippen LogP contribution >= 0.6 is 0 Å². The van der Waals surface area contributed by atoms with Crippen molar-refractivity contribution in [3.8, 4) is 0 Å². The molecule has 1 unspecified atom stereocenters. The van der Waals surface area contributed by atoms with Crippen LogP contribution in [-0.2, 0) is 6.42 Å². The van der Waals surface area contributed by atoms with Crippen molar-refractivity contribution in [2.75, 3.05) is 6.54 Å². The van der Waals surface area contributed by atoms with E-state index in [1.807, 2.05) is 0 Å². The van der Waals surface area contributed by atoms with Gasteiger partial charge >= 0.3 is 0 Å². The van der Waals surface area contributed by atoms with Gasteiger partial charge in [-0.25, -0.2) is 0 Å². The summed E-state index contributed by atoms with van der Waals surface area (Å²) in [7, 11) is 0.